The third-order valence-corrected chi connectivity index (χ3v) is 6.99. The lowest BCUT2D eigenvalue weighted by Crippen LogP contribution is -2.47. The Hall–Kier alpha value is -3.02. The summed E-state index contributed by atoms with van der Waals surface area (Å²) in [5.41, 5.74) is 4.26. The smallest absolute Gasteiger partial charge is 0.459 e. The first-order valence-electron chi connectivity index (χ1n) is 10.9. The van der Waals surface area contributed by atoms with Gasteiger partial charge < -0.3 is 19.7 Å². The number of para-hydroxylation sites is 1. The fraction of sp³-hybridized carbons (Fsp3) is 0.409. The van der Waals surface area contributed by atoms with Gasteiger partial charge in [0.15, 0.2) is 6.23 Å². The maximum atomic E-state index is 13.6. The molecule has 0 spiro atoms. The van der Waals surface area contributed by atoms with E-state index in [4.69, 9.17) is 24.3 Å². The standard InChI is InChI=1S/C22H29N4O8P/c1-5-31-19(28)15(3)25-35(30,34-16-9-7-6-8-10-16)32-13-17-14(2)22(4,23)20(33-17)26-12-11-18(27)24-21(26)29/h6-12,15,17,20H,2,5,13,23H2,1,3-4H3,(H,25,30)(H,24,27,29). The van der Waals surface area contributed by atoms with Crippen molar-refractivity contribution in [1.29, 1.82) is 0 Å². The first-order valence-corrected chi connectivity index (χ1v) is 12.4. The Labute approximate surface area is 201 Å². The van der Waals surface area contributed by atoms with Crippen LogP contribution in [0.5, 0.6) is 5.75 Å². The van der Waals surface area contributed by atoms with Crippen LogP contribution in [0.15, 0.2) is 64.3 Å². The van der Waals surface area contributed by atoms with Gasteiger partial charge in [-0.2, -0.15) is 5.09 Å². The van der Waals surface area contributed by atoms with Crippen LogP contribution in [0.25, 0.3) is 0 Å². The van der Waals surface area contributed by atoms with Crippen LogP contribution in [0.3, 0.4) is 0 Å². The number of ether oxygens (including phenoxy) is 2. The molecule has 13 heteroatoms. The van der Waals surface area contributed by atoms with Crippen molar-refractivity contribution >= 4 is 13.7 Å². The molecule has 4 N–H and O–H groups in total. The zero-order valence-corrected chi connectivity index (χ0v) is 20.5. The molecular weight excluding hydrogens is 479 g/mol. The van der Waals surface area contributed by atoms with Gasteiger partial charge in [0.25, 0.3) is 5.56 Å². The second kappa shape index (κ2) is 10.7. The predicted octanol–water partition coefficient (Wildman–Crippen LogP) is 1.45. The van der Waals surface area contributed by atoms with Crippen molar-refractivity contribution < 1.29 is 27.9 Å². The predicted molar refractivity (Wildman–Crippen MR) is 127 cm³/mol. The number of carbonyl (C=O) groups is 1. The van der Waals surface area contributed by atoms with Gasteiger partial charge in [0.05, 0.1) is 18.8 Å². The Bertz CT molecular complexity index is 1230. The molecule has 1 aromatic heterocycles. The lowest BCUT2D eigenvalue weighted by molar-refractivity contribution is -0.144. The lowest BCUT2D eigenvalue weighted by Gasteiger charge is -2.27. The largest absolute Gasteiger partial charge is 0.465 e. The molecule has 0 aliphatic carbocycles. The van der Waals surface area contributed by atoms with Crippen LogP contribution in [0.4, 0.5) is 0 Å². The molecule has 0 saturated carbocycles. The summed E-state index contributed by atoms with van der Waals surface area (Å²) >= 11 is 0. The van der Waals surface area contributed by atoms with Crippen molar-refractivity contribution in [2.75, 3.05) is 13.2 Å². The number of carbonyl (C=O) groups excluding carboxylic acids is 1. The summed E-state index contributed by atoms with van der Waals surface area (Å²) in [6, 6.07) is 8.43. The van der Waals surface area contributed by atoms with Crippen LogP contribution in [0.2, 0.25) is 0 Å². The molecule has 1 aliphatic rings. The Morgan fingerprint density at radius 3 is 2.66 bits per heavy atom. The molecule has 2 heterocycles. The second-order valence-corrected chi connectivity index (χ2v) is 9.80. The average Bonchev–Trinajstić information content (AvgIpc) is 3.02. The van der Waals surface area contributed by atoms with Crippen LogP contribution >= 0.6 is 7.75 Å². The molecule has 5 unspecified atom stereocenters. The summed E-state index contributed by atoms with van der Waals surface area (Å²) in [6.45, 7) is 8.51. The van der Waals surface area contributed by atoms with Crippen molar-refractivity contribution in [3.05, 3.63) is 75.6 Å². The van der Waals surface area contributed by atoms with Crippen LogP contribution < -0.4 is 26.6 Å². The first kappa shape index (κ1) is 26.6. The van der Waals surface area contributed by atoms with E-state index in [9.17, 15) is 18.9 Å². The zero-order chi connectivity index (χ0) is 25.8. The molecule has 35 heavy (non-hydrogen) atoms. The summed E-state index contributed by atoms with van der Waals surface area (Å²) in [6.07, 6.45) is -0.644. The number of esters is 1. The van der Waals surface area contributed by atoms with E-state index in [1.807, 2.05) is 0 Å². The SMILES string of the molecule is C=C1C(COP(=O)(NC(C)C(=O)OCC)Oc2ccccc2)OC(n2ccc(=O)[nH]c2=O)C1(C)N. The number of rotatable bonds is 10. The second-order valence-electron chi connectivity index (χ2n) is 8.10. The van der Waals surface area contributed by atoms with Gasteiger partial charge in [-0.1, -0.05) is 24.8 Å². The zero-order valence-electron chi connectivity index (χ0n) is 19.6. The summed E-state index contributed by atoms with van der Waals surface area (Å²) in [7, 11) is -4.13. The quantitative estimate of drug-likeness (QED) is 0.243. The van der Waals surface area contributed by atoms with Crippen molar-refractivity contribution in [2.24, 2.45) is 5.73 Å². The Morgan fingerprint density at radius 2 is 2.03 bits per heavy atom. The summed E-state index contributed by atoms with van der Waals surface area (Å²) in [5, 5.41) is 2.57. The average molecular weight is 508 g/mol. The van der Waals surface area contributed by atoms with Crippen molar-refractivity contribution in [3.63, 3.8) is 0 Å². The maximum Gasteiger partial charge on any atom is 0.459 e. The number of nitrogens with two attached hydrogens (primary N) is 1. The van der Waals surface area contributed by atoms with Gasteiger partial charge in [0.1, 0.15) is 17.9 Å². The van der Waals surface area contributed by atoms with Gasteiger partial charge in [0, 0.05) is 12.3 Å². The highest BCUT2D eigenvalue weighted by Crippen LogP contribution is 2.47. The van der Waals surface area contributed by atoms with Gasteiger partial charge in [-0.25, -0.2) is 9.36 Å². The monoisotopic (exact) mass is 508 g/mol. The molecule has 1 saturated heterocycles. The van der Waals surface area contributed by atoms with Crippen LogP contribution in [0.1, 0.15) is 27.0 Å². The van der Waals surface area contributed by atoms with E-state index in [0.29, 0.717) is 5.57 Å². The molecule has 1 fully saturated rings. The number of H-pyrrole nitrogens is 1. The number of aromatic amines is 1. The van der Waals surface area contributed by atoms with Crippen molar-refractivity contribution in [2.45, 2.75) is 44.7 Å². The molecule has 190 valence electrons. The molecule has 0 bridgehead atoms. The molecule has 1 aromatic carbocycles. The molecule has 0 radical (unpaired) electrons. The van der Waals surface area contributed by atoms with Crippen LogP contribution in [-0.2, 0) is 23.4 Å². The molecule has 1 aliphatic heterocycles. The Kier molecular flexibility index (Phi) is 8.14. The van der Waals surface area contributed by atoms with Crippen LogP contribution in [0, 0.1) is 0 Å². The Balaban J connectivity index is 1.81. The molecule has 5 atom stereocenters. The highest BCUT2D eigenvalue weighted by molar-refractivity contribution is 7.52. The molecular formula is C22H29N4O8P. The van der Waals surface area contributed by atoms with Crippen LogP contribution in [-0.4, -0.2) is 46.4 Å². The topological polar surface area (TPSA) is 164 Å². The summed E-state index contributed by atoms with van der Waals surface area (Å²) in [4.78, 5) is 37.9. The van der Waals surface area contributed by atoms with E-state index in [2.05, 4.69) is 16.7 Å². The normalized spacial score (nSPS) is 24.5. The minimum atomic E-state index is -4.13. The minimum absolute atomic E-state index is 0.145. The van der Waals surface area contributed by atoms with Gasteiger partial charge in [-0.05, 0) is 38.5 Å². The summed E-state index contributed by atoms with van der Waals surface area (Å²) < 4.78 is 36.8. The van der Waals surface area contributed by atoms with Gasteiger partial charge in [-0.15, -0.1) is 0 Å². The van der Waals surface area contributed by atoms with E-state index in [1.165, 1.54) is 13.1 Å². The lowest BCUT2D eigenvalue weighted by atomic mass is 9.92. The number of hydrogen-bond donors (Lipinski definition) is 3. The first-order chi connectivity index (χ1) is 16.5. The van der Waals surface area contributed by atoms with E-state index < -0.39 is 48.9 Å². The number of benzene rings is 1. The molecule has 12 nitrogen and oxygen atoms in total. The highest BCUT2D eigenvalue weighted by atomic mass is 31.2. The van der Waals surface area contributed by atoms with E-state index in [-0.39, 0.29) is 19.0 Å². The van der Waals surface area contributed by atoms with Gasteiger partial charge >= 0.3 is 19.4 Å². The summed E-state index contributed by atoms with van der Waals surface area (Å²) in [5.74, 6) is -0.395. The highest BCUT2D eigenvalue weighted by Gasteiger charge is 2.48. The number of hydrogen-bond acceptors (Lipinski definition) is 9. The number of nitrogens with one attached hydrogen (secondary N) is 2. The van der Waals surface area contributed by atoms with E-state index in [1.54, 1.807) is 44.2 Å². The fourth-order valence-electron chi connectivity index (χ4n) is 3.42. The van der Waals surface area contributed by atoms with Crippen molar-refractivity contribution in [3.8, 4) is 5.75 Å². The third kappa shape index (κ3) is 6.16. The van der Waals surface area contributed by atoms with E-state index >= 15 is 0 Å². The molecule has 0 amide bonds. The maximum absolute atomic E-state index is 13.6. The van der Waals surface area contributed by atoms with Gasteiger partial charge in [0.2, 0.25) is 0 Å². The minimum Gasteiger partial charge on any atom is -0.465 e. The Morgan fingerprint density at radius 1 is 1.34 bits per heavy atom. The van der Waals surface area contributed by atoms with Gasteiger partial charge in [-0.3, -0.25) is 23.7 Å². The number of nitrogens with zero attached hydrogens (tertiary/aromatic N) is 1. The molecule has 3 rings (SSSR count). The fourth-order valence-corrected chi connectivity index (χ4v) is 4.91. The number of aromatic nitrogens is 2. The van der Waals surface area contributed by atoms with E-state index in [0.717, 1.165) is 10.6 Å². The third-order valence-electron chi connectivity index (χ3n) is 5.35. The molecule has 2 aromatic rings. The van der Waals surface area contributed by atoms with Crippen molar-refractivity contribution in [1.82, 2.24) is 14.6 Å².